The van der Waals surface area contributed by atoms with Crippen LogP contribution in [0.4, 0.5) is 11.4 Å². The van der Waals surface area contributed by atoms with Crippen molar-refractivity contribution in [1.29, 1.82) is 0 Å². The van der Waals surface area contributed by atoms with Crippen molar-refractivity contribution in [1.82, 2.24) is 0 Å². The molecule has 0 aliphatic carbocycles. The Morgan fingerprint density at radius 3 is 2.57 bits per heavy atom. The molecule has 1 aromatic carbocycles. The van der Waals surface area contributed by atoms with Crippen molar-refractivity contribution in [3.8, 4) is 0 Å². The Morgan fingerprint density at radius 1 is 1.39 bits per heavy atom. The molecule has 23 heavy (non-hydrogen) atoms. The van der Waals surface area contributed by atoms with E-state index in [0.29, 0.717) is 25.8 Å². The third-order valence-corrected chi connectivity index (χ3v) is 5.08. The molecule has 0 spiro atoms. The second kappa shape index (κ2) is 8.11. The van der Waals surface area contributed by atoms with Crippen molar-refractivity contribution in [3.63, 3.8) is 0 Å². The van der Waals surface area contributed by atoms with E-state index in [1.54, 1.807) is 0 Å². The number of nitrogens with one attached hydrogen (secondary N) is 1. The molecule has 0 saturated carbocycles. The molecule has 0 aromatic heterocycles. The molecule has 0 radical (unpaired) electrons. The number of carbonyl (C=O) groups is 1. The summed E-state index contributed by atoms with van der Waals surface area (Å²) in [6.45, 7) is 0.341. The topological polar surface area (TPSA) is 176 Å². The van der Waals surface area contributed by atoms with Crippen molar-refractivity contribution in [3.05, 3.63) is 28.3 Å². The first-order chi connectivity index (χ1) is 10.6. The SMILES string of the molecule is N[C@@H](CCCCNc1ccc([As](=O)(O)O)cc1[N+](=O)[O-])C(=O)O. The van der Waals surface area contributed by atoms with Gasteiger partial charge in [0.2, 0.25) is 0 Å². The van der Waals surface area contributed by atoms with E-state index < -0.39 is 36.8 Å². The van der Waals surface area contributed by atoms with Gasteiger partial charge in [-0.3, -0.25) is 0 Å². The molecule has 1 aromatic rings. The number of aliphatic carboxylic acids is 1. The van der Waals surface area contributed by atoms with Crippen LogP contribution in [-0.4, -0.2) is 50.9 Å². The zero-order chi connectivity index (χ0) is 17.6. The number of hydrogen-bond acceptors (Lipinski definition) is 6. The van der Waals surface area contributed by atoms with Crippen LogP contribution in [0.2, 0.25) is 0 Å². The minimum absolute atomic E-state index is 0.144. The molecule has 6 N–H and O–H groups in total. The van der Waals surface area contributed by atoms with Gasteiger partial charge >= 0.3 is 134 Å². The monoisotopic (exact) mass is 391 g/mol. The summed E-state index contributed by atoms with van der Waals surface area (Å²) in [4.78, 5) is 20.8. The second-order valence-corrected chi connectivity index (χ2v) is 8.24. The number of nitrogens with two attached hydrogens (primary N) is 1. The molecule has 0 aliphatic heterocycles. The number of carboxylic acids is 1. The fraction of sp³-hybridized carbons (Fsp3) is 0.417. The van der Waals surface area contributed by atoms with Gasteiger partial charge in [-0.25, -0.2) is 0 Å². The van der Waals surface area contributed by atoms with Crippen LogP contribution in [0.3, 0.4) is 0 Å². The molecule has 10 nitrogen and oxygen atoms in total. The fourth-order valence-electron chi connectivity index (χ4n) is 1.84. The number of rotatable bonds is 9. The zero-order valence-corrected chi connectivity index (χ0v) is 14.0. The minimum atomic E-state index is -5.20. The molecular weight excluding hydrogens is 373 g/mol. The van der Waals surface area contributed by atoms with Crippen molar-refractivity contribution in [2.24, 2.45) is 5.73 Å². The van der Waals surface area contributed by atoms with Crippen molar-refractivity contribution in [2.45, 2.75) is 25.3 Å². The Balaban J connectivity index is 2.65. The van der Waals surface area contributed by atoms with E-state index in [1.807, 2.05) is 0 Å². The Bertz CT molecular complexity index is 631. The van der Waals surface area contributed by atoms with Crippen LogP contribution < -0.4 is 15.4 Å². The summed E-state index contributed by atoms with van der Waals surface area (Å²) in [5.41, 5.74) is 5.07. The van der Waals surface area contributed by atoms with Crippen LogP contribution in [0, 0.1) is 10.1 Å². The van der Waals surface area contributed by atoms with Gasteiger partial charge in [-0.2, -0.15) is 0 Å². The second-order valence-electron chi connectivity index (χ2n) is 4.87. The summed E-state index contributed by atoms with van der Waals surface area (Å²) < 4.78 is 29.0. The quantitative estimate of drug-likeness (QED) is 0.155. The molecule has 1 atom stereocenters. The number of unbranched alkanes of at least 4 members (excludes halogenated alkanes) is 1. The van der Waals surface area contributed by atoms with E-state index in [2.05, 4.69) is 5.32 Å². The van der Waals surface area contributed by atoms with Crippen LogP contribution in [-0.2, 0) is 8.53 Å². The molecule has 11 heteroatoms. The average Bonchev–Trinajstić information content (AvgIpc) is 2.45. The number of hydrogen-bond donors (Lipinski definition) is 5. The van der Waals surface area contributed by atoms with Gasteiger partial charge in [0, 0.05) is 0 Å². The zero-order valence-electron chi connectivity index (χ0n) is 12.1. The standard InChI is InChI=1S/C12H18AsN3O7/c14-9(12(17)18)3-1-2-6-15-10-5-4-8(13(19,20)21)7-11(10)16(22)23/h4-5,7,9,15H,1-3,6,14H2,(H,17,18)(H2,19,20,21)/t9-/m0/s1. The Morgan fingerprint density at radius 2 is 2.04 bits per heavy atom. The van der Waals surface area contributed by atoms with E-state index in [4.69, 9.17) is 19.0 Å². The molecular formula is C12H18AsN3O7. The summed E-state index contributed by atoms with van der Waals surface area (Å²) in [5, 5.41) is 22.4. The predicted octanol–water partition coefficient (Wildman–Crippen LogP) is -0.850. The van der Waals surface area contributed by atoms with Crippen molar-refractivity contribution in [2.75, 3.05) is 11.9 Å². The van der Waals surface area contributed by atoms with Gasteiger partial charge in [0.25, 0.3) is 0 Å². The van der Waals surface area contributed by atoms with E-state index in [-0.39, 0.29) is 10.0 Å². The van der Waals surface area contributed by atoms with Gasteiger partial charge in [-0.1, -0.05) is 0 Å². The number of anilines is 1. The van der Waals surface area contributed by atoms with Gasteiger partial charge in [0.1, 0.15) is 0 Å². The van der Waals surface area contributed by atoms with Gasteiger partial charge < -0.3 is 0 Å². The molecule has 0 fully saturated rings. The van der Waals surface area contributed by atoms with Crippen LogP contribution in [0.25, 0.3) is 0 Å². The normalized spacial score (nSPS) is 12.7. The van der Waals surface area contributed by atoms with E-state index in [1.165, 1.54) is 6.07 Å². The summed E-state index contributed by atoms with van der Waals surface area (Å²) in [7, 11) is 0. The third kappa shape index (κ3) is 6.03. The number of nitro benzene ring substituents is 1. The van der Waals surface area contributed by atoms with Gasteiger partial charge in [-0.15, -0.1) is 0 Å². The molecule has 0 saturated heterocycles. The third-order valence-electron chi connectivity index (χ3n) is 3.09. The molecule has 0 heterocycles. The summed E-state index contributed by atoms with van der Waals surface area (Å²) in [6, 6.07) is 2.32. The van der Waals surface area contributed by atoms with E-state index >= 15 is 0 Å². The molecule has 0 amide bonds. The predicted molar refractivity (Wildman–Crippen MR) is 81.6 cm³/mol. The Kier molecular flexibility index (Phi) is 6.76. The maximum absolute atomic E-state index is 11.2. The van der Waals surface area contributed by atoms with Crippen LogP contribution in [0.15, 0.2) is 18.2 Å². The van der Waals surface area contributed by atoms with Crippen LogP contribution >= 0.6 is 0 Å². The van der Waals surface area contributed by atoms with Gasteiger partial charge in [-0.05, 0) is 0 Å². The van der Waals surface area contributed by atoms with E-state index in [9.17, 15) is 18.6 Å². The summed E-state index contributed by atoms with van der Waals surface area (Å²) in [5.74, 6) is -1.08. The van der Waals surface area contributed by atoms with Gasteiger partial charge in [0.05, 0.1) is 0 Å². The average molecular weight is 391 g/mol. The molecule has 128 valence electrons. The summed E-state index contributed by atoms with van der Waals surface area (Å²) in [6.07, 6.45) is 1.36. The number of nitrogens with zero attached hydrogens (tertiary/aromatic N) is 1. The number of carboxylic acid groups (broad SMARTS) is 1. The van der Waals surface area contributed by atoms with Gasteiger partial charge in [0.15, 0.2) is 0 Å². The first-order valence-corrected chi connectivity index (χ1v) is 10.1. The first-order valence-electron chi connectivity index (χ1n) is 6.69. The van der Waals surface area contributed by atoms with Crippen LogP contribution in [0.1, 0.15) is 19.3 Å². The first kappa shape index (κ1) is 19.2. The van der Waals surface area contributed by atoms with Crippen LogP contribution in [0.5, 0.6) is 0 Å². The maximum atomic E-state index is 11.2. The Hall–Kier alpha value is -1.87. The van der Waals surface area contributed by atoms with Crippen molar-refractivity contribution < 1.29 is 26.8 Å². The molecule has 1 rings (SSSR count). The number of benzene rings is 1. The number of nitro groups is 1. The Labute approximate surface area is 134 Å². The molecule has 0 aliphatic rings. The fourth-order valence-corrected chi connectivity index (χ4v) is 3.01. The molecule has 0 bridgehead atoms. The summed E-state index contributed by atoms with van der Waals surface area (Å²) >= 11 is -5.20. The van der Waals surface area contributed by atoms with Crippen molar-refractivity contribution >= 4 is 35.9 Å². The van der Waals surface area contributed by atoms with E-state index in [0.717, 1.165) is 12.1 Å². The molecule has 0 unspecified atom stereocenters.